The standard InChI is InChI=1S/C18H17N3O2S/c1-18-14(16(24)19-11-7-3-2-4-8-11)15(20-17(22)21-18)12-9-5-6-10-13(12)23-18/h2-10,14-15H,1H3,(H,19,24)(H2,20,21,22)/t14-,15+,18-/m0/s1. The number of anilines is 1. The van der Waals surface area contributed by atoms with Crippen LogP contribution in [0.2, 0.25) is 0 Å². The highest BCUT2D eigenvalue weighted by Gasteiger charge is 2.53. The molecule has 122 valence electrons. The van der Waals surface area contributed by atoms with Crippen molar-refractivity contribution >= 4 is 28.9 Å². The molecule has 5 nitrogen and oxygen atoms in total. The van der Waals surface area contributed by atoms with Crippen molar-refractivity contribution in [2.24, 2.45) is 5.92 Å². The molecule has 0 aliphatic carbocycles. The van der Waals surface area contributed by atoms with E-state index in [9.17, 15) is 4.79 Å². The molecule has 4 rings (SSSR count). The molecule has 0 unspecified atom stereocenters. The maximum absolute atomic E-state index is 12.1. The lowest BCUT2D eigenvalue weighted by atomic mass is 9.80. The molecule has 1 saturated heterocycles. The summed E-state index contributed by atoms with van der Waals surface area (Å²) in [7, 11) is 0. The molecular weight excluding hydrogens is 322 g/mol. The van der Waals surface area contributed by atoms with Crippen LogP contribution in [0.5, 0.6) is 5.75 Å². The van der Waals surface area contributed by atoms with Crippen molar-refractivity contribution in [3.8, 4) is 5.75 Å². The Kier molecular flexibility index (Phi) is 3.42. The van der Waals surface area contributed by atoms with Crippen LogP contribution >= 0.6 is 12.2 Å². The molecular formula is C18H17N3O2S. The average Bonchev–Trinajstić information content (AvgIpc) is 2.54. The lowest BCUT2D eigenvalue weighted by Crippen LogP contribution is -2.70. The second kappa shape index (κ2) is 5.49. The van der Waals surface area contributed by atoms with Crippen LogP contribution in [0.3, 0.4) is 0 Å². The number of amides is 2. The molecule has 2 bridgehead atoms. The molecule has 2 aromatic carbocycles. The number of urea groups is 1. The highest BCUT2D eigenvalue weighted by atomic mass is 32.1. The molecule has 2 heterocycles. The van der Waals surface area contributed by atoms with Gasteiger partial charge in [-0.2, -0.15) is 0 Å². The van der Waals surface area contributed by atoms with Crippen molar-refractivity contribution in [1.82, 2.24) is 10.6 Å². The largest absolute Gasteiger partial charge is 0.467 e. The quantitative estimate of drug-likeness (QED) is 0.735. The van der Waals surface area contributed by atoms with Crippen LogP contribution in [0, 0.1) is 5.92 Å². The van der Waals surface area contributed by atoms with Crippen LogP contribution in [0.25, 0.3) is 0 Å². The molecule has 0 saturated carbocycles. The third-order valence-electron chi connectivity index (χ3n) is 4.47. The SMILES string of the molecule is C[C@]12NC(=O)N[C@H](c3ccccc3O1)[C@H]2C(=S)Nc1ccccc1. The van der Waals surface area contributed by atoms with Crippen LogP contribution in [-0.4, -0.2) is 16.7 Å². The number of thiocarbonyl (C=S) groups is 1. The summed E-state index contributed by atoms with van der Waals surface area (Å²) in [5.41, 5.74) is 0.946. The molecule has 3 atom stereocenters. The van der Waals surface area contributed by atoms with E-state index in [4.69, 9.17) is 17.0 Å². The zero-order valence-electron chi connectivity index (χ0n) is 13.1. The topological polar surface area (TPSA) is 62.4 Å². The molecule has 2 aromatic rings. The Morgan fingerprint density at radius 1 is 1.17 bits per heavy atom. The minimum Gasteiger partial charge on any atom is -0.467 e. The Morgan fingerprint density at radius 3 is 2.67 bits per heavy atom. The Hall–Kier alpha value is -2.60. The second-order valence-corrected chi connectivity index (χ2v) is 6.60. The third kappa shape index (κ3) is 2.39. The first-order valence-electron chi connectivity index (χ1n) is 7.79. The van der Waals surface area contributed by atoms with E-state index in [0.29, 0.717) is 4.99 Å². The second-order valence-electron chi connectivity index (χ2n) is 6.16. The predicted molar refractivity (Wildman–Crippen MR) is 96.0 cm³/mol. The predicted octanol–water partition coefficient (Wildman–Crippen LogP) is 3.20. The van der Waals surface area contributed by atoms with Gasteiger partial charge in [-0.05, 0) is 25.1 Å². The highest BCUT2D eigenvalue weighted by molar-refractivity contribution is 7.80. The summed E-state index contributed by atoms with van der Waals surface area (Å²) in [5.74, 6) is 0.525. The lowest BCUT2D eigenvalue weighted by molar-refractivity contribution is -0.0157. The van der Waals surface area contributed by atoms with Crippen LogP contribution in [0.1, 0.15) is 18.5 Å². The summed E-state index contributed by atoms with van der Waals surface area (Å²) >= 11 is 5.67. The molecule has 1 fully saturated rings. The molecule has 6 heteroatoms. The molecule has 0 spiro atoms. The van der Waals surface area contributed by atoms with Gasteiger partial charge in [0.2, 0.25) is 0 Å². The first-order chi connectivity index (χ1) is 11.6. The maximum Gasteiger partial charge on any atom is 0.318 e. The van der Waals surface area contributed by atoms with Crippen molar-refractivity contribution in [3.63, 3.8) is 0 Å². The molecule has 2 aliphatic rings. The third-order valence-corrected chi connectivity index (χ3v) is 4.83. The molecule has 0 radical (unpaired) electrons. The van der Waals surface area contributed by atoms with Crippen LogP contribution in [0.4, 0.5) is 10.5 Å². The van der Waals surface area contributed by atoms with E-state index in [1.165, 1.54) is 0 Å². The molecule has 2 aliphatic heterocycles. The van der Waals surface area contributed by atoms with Crippen molar-refractivity contribution in [1.29, 1.82) is 0 Å². The van der Waals surface area contributed by atoms with E-state index >= 15 is 0 Å². The van der Waals surface area contributed by atoms with Crippen molar-refractivity contribution in [3.05, 3.63) is 60.2 Å². The number of para-hydroxylation sites is 2. The van der Waals surface area contributed by atoms with E-state index in [2.05, 4.69) is 16.0 Å². The summed E-state index contributed by atoms with van der Waals surface area (Å²) in [6, 6.07) is 17.0. The highest BCUT2D eigenvalue weighted by Crippen LogP contribution is 2.45. The normalized spacial score (nSPS) is 27.1. The van der Waals surface area contributed by atoms with Gasteiger partial charge in [0, 0.05) is 11.3 Å². The monoisotopic (exact) mass is 339 g/mol. The first kappa shape index (κ1) is 15.0. The summed E-state index contributed by atoms with van der Waals surface area (Å²) in [6.07, 6.45) is 0. The number of carbonyl (C=O) groups is 1. The van der Waals surface area contributed by atoms with E-state index in [1.807, 2.05) is 61.5 Å². The summed E-state index contributed by atoms with van der Waals surface area (Å²) in [5, 5.41) is 9.14. The first-order valence-corrected chi connectivity index (χ1v) is 8.20. The zero-order valence-corrected chi connectivity index (χ0v) is 13.9. The number of hydrogen-bond donors (Lipinski definition) is 3. The molecule has 0 aromatic heterocycles. The van der Waals surface area contributed by atoms with Crippen molar-refractivity contribution in [2.45, 2.75) is 18.7 Å². The number of ether oxygens (including phenoxy) is 1. The van der Waals surface area contributed by atoms with Gasteiger partial charge in [0.1, 0.15) is 5.75 Å². The van der Waals surface area contributed by atoms with Crippen LogP contribution in [0.15, 0.2) is 54.6 Å². The number of nitrogens with one attached hydrogen (secondary N) is 3. The molecule has 3 N–H and O–H groups in total. The molecule has 2 amide bonds. The van der Waals surface area contributed by atoms with Gasteiger partial charge in [-0.25, -0.2) is 4.79 Å². The molecule has 24 heavy (non-hydrogen) atoms. The minimum absolute atomic E-state index is 0.236. The Bertz CT molecular complexity index is 811. The van der Waals surface area contributed by atoms with Gasteiger partial charge in [0.25, 0.3) is 0 Å². The van der Waals surface area contributed by atoms with Gasteiger partial charge in [-0.3, -0.25) is 5.32 Å². The smallest absolute Gasteiger partial charge is 0.318 e. The fourth-order valence-corrected chi connectivity index (χ4v) is 3.91. The van der Waals surface area contributed by atoms with E-state index in [-0.39, 0.29) is 18.0 Å². The number of carbonyl (C=O) groups excluding carboxylic acids is 1. The zero-order chi connectivity index (χ0) is 16.7. The van der Waals surface area contributed by atoms with Crippen molar-refractivity contribution < 1.29 is 9.53 Å². The van der Waals surface area contributed by atoms with E-state index in [1.54, 1.807) is 0 Å². The van der Waals surface area contributed by atoms with Gasteiger partial charge in [-0.15, -0.1) is 0 Å². The number of hydrogen-bond acceptors (Lipinski definition) is 3. The lowest BCUT2D eigenvalue weighted by Gasteiger charge is -2.50. The number of fused-ring (bicyclic) bond motifs is 4. The van der Waals surface area contributed by atoms with Crippen molar-refractivity contribution in [2.75, 3.05) is 5.32 Å². The minimum atomic E-state index is -0.903. The Morgan fingerprint density at radius 2 is 1.88 bits per heavy atom. The Labute approximate surface area is 145 Å². The van der Waals surface area contributed by atoms with Gasteiger partial charge in [0.05, 0.1) is 16.9 Å². The van der Waals surface area contributed by atoms with Crippen LogP contribution < -0.4 is 20.7 Å². The van der Waals surface area contributed by atoms with Gasteiger partial charge in [-0.1, -0.05) is 48.6 Å². The maximum atomic E-state index is 12.1. The van der Waals surface area contributed by atoms with E-state index in [0.717, 1.165) is 17.0 Å². The van der Waals surface area contributed by atoms with Crippen LogP contribution in [-0.2, 0) is 0 Å². The van der Waals surface area contributed by atoms with Gasteiger partial charge in [0.15, 0.2) is 5.72 Å². The van der Waals surface area contributed by atoms with Gasteiger partial charge >= 0.3 is 6.03 Å². The average molecular weight is 339 g/mol. The van der Waals surface area contributed by atoms with Gasteiger partial charge < -0.3 is 15.4 Å². The van der Waals surface area contributed by atoms with E-state index < -0.39 is 5.72 Å². The fraction of sp³-hybridized carbons (Fsp3) is 0.222. The Balaban J connectivity index is 1.72. The fourth-order valence-electron chi connectivity index (χ4n) is 3.43. The summed E-state index contributed by atoms with van der Waals surface area (Å²) < 4.78 is 6.13. The summed E-state index contributed by atoms with van der Waals surface area (Å²) in [6.45, 7) is 1.86. The number of rotatable bonds is 2. The summed E-state index contributed by atoms with van der Waals surface area (Å²) in [4.78, 5) is 12.7. The number of benzene rings is 2.